The van der Waals surface area contributed by atoms with E-state index in [0.717, 1.165) is 30.1 Å². The van der Waals surface area contributed by atoms with Gasteiger partial charge in [0.2, 0.25) is 5.88 Å². The molecule has 2 aromatic rings. The van der Waals surface area contributed by atoms with Crippen molar-refractivity contribution in [2.45, 2.75) is 32.6 Å². The Balaban J connectivity index is 1.79. The molecule has 0 bridgehead atoms. The lowest BCUT2D eigenvalue weighted by atomic mass is 9.98. The minimum atomic E-state index is -0.00958. The lowest BCUT2D eigenvalue weighted by Gasteiger charge is -2.32. The Labute approximate surface area is 140 Å². The van der Waals surface area contributed by atoms with Gasteiger partial charge in [-0.25, -0.2) is 9.97 Å². The summed E-state index contributed by atoms with van der Waals surface area (Å²) in [5, 5.41) is 1.15. The number of rotatable bonds is 3. The number of likely N-dealkylation sites (tertiary alicyclic amines) is 1. The number of aryl methyl sites for hydroxylation is 2. The summed E-state index contributed by atoms with van der Waals surface area (Å²) >= 11 is 1.75. The summed E-state index contributed by atoms with van der Waals surface area (Å²) in [5.74, 6) is 0.706. The zero-order chi connectivity index (χ0) is 16.4. The smallest absolute Gasteiger partial charge is 0.259 e. The molecule has 0 unspecified atom stereocenters. The Hall–Kier alpha value is -1.95. The highest BCUT2D eigenvalue weighted by Crippen LogP contribution is 2.32. The van der Waals surface area contributed by atoms with E-state index in [0.29, 0.717) is 23.9 Å². The summed E-state index contributed by atoms with van der Waals surface area (Å²) in [6, 6.07) is 3.54. The lowest BCUT2D eigenvalue weighted by Crippen LogP contribution is -2.39. The zero-order valence-corrected chi connectivity index (χ0v) is 14.5. The maximum atomic E-state index is 12.8. The van der Waals surface area contributed by atoms with Gasteiger partial charge < -0.3 is 9.64 Å². The van der Waals surface area contributed by atoms with Crippen LogP contribution in [0.2, 0.25) is 0 Å². The van der Waals surface area contributed by atoms with Crippen LogP contribution in [0, 0.1) is 13.8 Å². The summed E-state index contributed by atoms with van der Waals surface area (Å²) in [6.07, 6.45) is 3.72. The molecule has 1 fully saturated rings. The third-order valence-electron chi connectivity index (χ3n) is 4.30. The van der Waals surface area contributed by atoms with Crippen LogP contribution in [0.5, 0.6) is 5.88 Å². The van der Waals surface area contributed by atoms with E-state index >= 15 is 0 Å². The van der Waals surface area contributed by atoms with Gasteiger partial charge in [-0.3, -0.25) is 4.79 Å². The summed E-state index contributed by atoms with van der Waals surface area (Å²) in [7, 11) is 1.54. The molecule has 0 radical (unpaired) electrons. The van der Waals surface area contributed by atoms with Gasteiger partial charge in [0, 0.05) is 30.1 Å². The zero-order valence-electron chi connectivity index (χ0n) is 13.7. The number of carbonyl (C=O) groups excluding carboxylic acids is 1. The van der Waals surface area contributed by atoms with Crippen molar-refractivity contribution in [2.75, 3.05) is 20.2 Å². The molecule has 1 atom stereocenters. The molecule has 1 amide bonds. The topological polar surface area (TPSA) is 55.3 Å². The number of carbonyl (C=O) groups is 1. The first-order valence-electron chi connectivity index (χ1n) is 7.82. The fourth-order valence-electron chi connectivity index (χ4n) is 2.92. The maximum Gasteiger partial charge on any atom is 0.259 e. The van der Waals surface area contributed by atoms with Crippen LogP contribution in [0.4, 0.5) is 0 Å². The molecule has 0 aromatic carbocycles. The molecule has 2 aromatic heterocycles. The van der Waals surface area contributed by atoms with Crippen molar-refractivity contribution in [1.29, 1.82) is 0 Å². The van der Waals surface area contributed by atoms with E-state index in [9.17, 15) is 4.79 Å². The van der Waals surface area contributed by atoms with Gasteiger partial charge >= 0.3 is 0 Å². The molecule has 0 N–H and O–H groups in total. The second-order valence-electron chi connectivity index (χ2n) is 5.84. The molecule has 1 aliphatic rings. The van der Waals surface area contributed by atoms with E-state index < -0.39 is 0 Å². The van der Waals surface area contributed by atoms with E-state index in [1.54, 1.807) is 36.8 Å². The maximum absolute atomic E-state index is 12.8. The molecular weight excluding hydrogens is 310 g/mol. The highest BCUT2D eigenvalue weighted by atomic mass is 32.1. The van der Waals surface area contributed by atoms with Crippen LogP contribution < -0.4 is 4.74 Å². The van der Waals surface area contributed by atoms with Crippen molar-refractivity contribution < 1.29 is 9.53 Å². The minimum Gasteiger partial charge on any atom is -0.480 e. The summed E-state index contributed by atoms with van der Waals surface area (Å²) in [5.41, 5.74) is 1.63. The van der Waals surface area contributed by atoms with Gasteiger partial charge in [0.1, 0.15) is 5.56 Å². The van der Waals surface area contributed by atoms with Gasteiger partial charge in [0.25, 0.3) is 5.91 Å². The number of amides is 1. The largest absolute Gasteiger partial charge is 0.480 e. The molecule has 0 saturated carbocycles. The van der Waals surface area contributed by atoms with E-state index in [1.165, 1.54) is 4.88 Å². The first-order chi connectivity index (χ1) is 11.1. The summed E-state index contributed by atoms with van der Waals surface area (Å²) in [4.78, 5) is 24.8. The third kappa shape index (κ3) is 3.22. The number of ether oxygens (including phenoxy) is 1. The average Bonchev–Trinajstić information content (AvgIpc) is 2.93. The van der Waals surface area contributed by atoms with Gasteiger partial charge in [0.15, 0.2) is 0 Å². The van der Waals surface area contributed by atoms with Crippen LogP contribution >= 0.6 is 11.3 Å². The van der Waals surface area contributed by atoms with E-state index in [4.69, 9.17) is 4.74 Å². The number of pyridine rings is 1. The van der Waals surface area contributed by atoms with E-state index in [-0.39, 0.29) is 5.91 Å². The summed E-state index contributed by atoms with van der Waals surface area (Å²) in [6.45, 7) is 5.63. The number of thiazole rings is 1. The molecule has 3 rings (SSSR count). The highest BCUT2D eigenvalue weighted by molar-refractivity contribution is 7.11. The molecule has 0 aliphatic carbocycles. The quantitative estimate of drug-likeness (QED) is 0.867. The van der Waals surface area contributed by atoms with Crippen LogP contribution in [-0.2, 0) is 0 Å². The molecule has 5 nitrogen and oxygen atoms in total. The van der Waals surface area contributed by atoms with Crippen LogP contribution in [0.25, 0.3) is 0 Å². The van der Waals surface area contributed by atoms with Crippen LogP contribution in [0.1, 0.15) is 44.7 Å². The number of methoxy groups -OCH3 is 1. The first kappa shape index (κ1) is 15.9. The Morgan fingerprint density at radius 3 is 2.96 bits per heavy atom. The first-order valence-corrected chi connectivity index (χ1v) is 8.64. The normalized spacial score (nSPS) is 18.0. The number of hydrogen-bond acceptors (Lipinski definition) is 5. The van der Waals surface area contributed by atoms with Gasteiger partial charge in [0.05, 0.1) is 17.8 Å². The average molecular weight is 331 g/mol. The molecule has 3 heterocycles. The molecule has 23 heavy (non-hydrogen) atoms. The predicted octanol–water partition coefficient (Wildman–Crippen LogP) is 3.18. The van der Waals surface area contributed by atoms with Crippen LogP contribution in [0.15, 0.2) is 18.3 Å². The SMILES string of the molecule is COc1ncccc1C(=O)N1CCC[C@@H](c2nc(C)c(C)s2)C1. The predicted molar refractivity (Wildman–Crippen MR) is 90.3 cm³/mol. The number of aromatic nitrogens is 2. The van der Waals surface area contributed by atoms with E-state index in [2.05, 4.69) is 16.9 Å². The number of hydrogen-bond donors (Lipinski definition) is 0. The Morgan fingerprint density at radius 2 is 2.26 bits per heavy atom. The fraction of sp³-hybridized carbons (Fsp3) is 0.471. The minimum absolute atomic E-state index is 0.00958. The van der Waals surface area contributed by atoms with Crippen LogP contribution in [0.3, 0.4) is 0 Å². The molecular formula is C17H21N3O2S. The Bertz CT molecular complexity index is 694. The van der Waals surface area contributed by atoms with Gasteiger partial charge in [-0.15, -0.1) is 11.3 Å². The van der Waals surface area contributed by atoms with Gasteiger partial charge in [-0.05, 0) is 38.8 Å². The molecule has 0 spiro atoms. The second-order valence-corrected chi connectivity index (χ2v) is 7.08. The van der Waals surface area contributed by atoms with E-state index in [1.807, 2.05) is 11.8 Å². The second kappa shape index (κ2) is 6.66. The summed E-state index contributed by atoms with van der Waals surface area (Å²) < 4.78 is 5.22. The van der Waals surface area contributed by atoms with Crippen molar-refractivity contribution in [3.8, 4) is 5.88 Å². The monoisotopic (exact) mass is 331 g/mol. The third-order valence-corrected chi connectivity index (χ3v) is 5.53. The molecule has 1 saturated heterocycles. The lowest BCUT2D eigenvalue weighted by molar-refractivity contribution is 0.0703. The Morgan fingerprint density at radius 1 is 1.43 bits per heavy atom. The highest BCUT2D eigenvalue weighted by Gasteiger charge is 2.29. The molecule has 6 heteroatoms. The molecule has 122 valence electrons. The van der Waals surface area contributed by atoms with Crippen molar-refractivity contribution in [3.05, 3.63) is 39.5 Å². The van der Waals surface area contributed by atoms with Crippen LogP contribution in [-0.4, -0.2) is 41.0 Å². The van der Waals surface area contributed by atoms with Gasteiger partial charge in [-0.2, -0.15) is 0 Å². The number of nitrogens with zero attached hydrogens (tertiary/aromatic N) is 3. The molecule has 1 aliphatic heterocycles. The van der Waals surface area contributed by atoms with Crippen molar-refractivity contribution in [1.82, 2.24) is 14.9 Å². The Kier molecular flexibility index (Phi) is 4.61. The fourth-order valence-corrected chi connectivity index (χ4v) is 3.97. The van der Waals surface area contributed by atoms with Crippen molar-refractivity contribution in [3.63, 3.8) is 0 Å². The number of piperidine rings is 1. The van der Waals surface area contributed by atoms with Gasteiger partial charge in [-0.1, -0.05) is 0 Å². The standard InChI is InChI=1S/C17H21N3O2S/c1-11-12(2)23-16(19-11)13-6-5-9-20(10-13)17(21)14-7-4-8-18-15(14)22-3/h4,7-8,13H,5-6,9-10H2,1-3H3/t13-/m1/s1. The van der Waals surface area contributed by atoms with Crippen molar-refractivity contribution >= 4 is 17.2 Å². The van der Waals surface area contributed by atoms with Crippen molar-refractivity contribution in [2.24, 2.45) is 0 Å².